The molecule has 0 saturated carbocycles. The highest BCUT2D eigenvalue weighted by molar-refractivity contribution is 6.30. The van der Waals surface area contributed by atoms with Gasteiger partial charge in [0.05, 0.1) is 17.1 Å². The van der Waals surface area contributed by atoms with E-state index in [9.17, 15) is 4.39 Å². The Labute approximate surface area is 210 Å². The number of aromatic nitrogens is 1. The molecule has 1 aromatic heterocycles. The normalized spacial score (nSPS) is 13.7. The number of hydrogen-bond donors (Lipinski definition) is 2. The van der Waals surface area contributed by atoms with Crippen LogP contribution in [-0.2, 0) is 6.61 Å². The Morgan fingerprint density at radius 3 is 2.83 bits per heavy atom. The third-order valence-electron chi connectivity index (χ3n) is 5.94. The molecule has 2 N–H and O–H groups in total. The minimum atomic E-state index is -0.384. The van der Waals surface area contributed by atoms with E-state index in [1.807, 2.05) is 37.4 Å². The van der Waals surface area contributed by atoms with E-state index in [2.05, 4.69) is 38.3 Å². The van der Waals surface area contributed by atoms with Crippen LogP contribution < -0.4 is 15.4 Å². The molecule has 0 saturated heterocycles. The van der Waals surface area contributed by atoms with Crippen LogP contribution in [0.5, 0.6) is 5.88 Å². The number of hydrogen-bond acceptors (Lipinski definition) is 6. The maximum Gasteiger partial charge on any atom is 0.214 e. The Balaban J connectivity index is 1.29. The molecule has 2 aromatic carbocycles. The molecule has 0 amide bonds. The molecule has 6 nitrogen and oxygen atoms in total. The summed E-state index contributed by atoms with van der Waals surface area (Å²) in [7, 11) is 1.88. The van der Waals surface area contributed by atoms with Gasteiger partial charge in [-0.15, -0.1) is 0 Å². The van der Waals surface area contributed by atoms with Crippen molar-refractivity contribution in [1.82, 2.24) is 9.88 Å². The average molecular weight is 494 g/mol. The van der Waals surface area contributed by atoms with E-state index in [-0.39, 0.29) is 12.4 Å². The summed E-state index contributed by atoms with van der Waals surface area (Å²) in [6.07, 6.45) is 3.12. The van der Waals surface area contributed by atoms with Gasteiger partial charge in [0, 0.05) is 55.6 Å². The lowest BCUT2D eigenvalue weighted by Gasteiger charge is -2.26. The highest BCUT2D eigenvalue weighted by Gasteiger charge is 2.15. The molecule has 0 aliphatic carbocycles. The fourth-order valence-electron chi connectivity index (χ4n) is 3.93. The van der Waals surface area contributed by atoms with Gasteiger partial charge in [-0.1, -0.05) is 29.8 Å². The van der Waals surface area contributed by atoms with Gasteiger partial charge in [0.1, 0.15) is 12.4 Å². The van der Waals surface area contributed by atoms with E-state index in [1.165, 1.54) is 11.6 Å². The Bertz CT molecular complexity index is 1220. The summed E-state index contributed by atoms with van der Waals surface area (Å²) < 4.78 is 19.7. The van der Waals surface area contributed by atoms with Gasteiger partial charge >= 0.3 is 0 Å². The van der Waals surface area contributed by atoms with Crippen molar-refractivity contribution < 1.29 is 9.13 Å². The van der Waals surface area contributed by atoms with Gasteiger partial charge in [-0.25, -0.2) is 9.37 Å². The first-order valence-electron chi connectivity index (χ1n) is 11.5. The summed E-state index contributed by atoms with van der Waals surface area (Å²) in [6, 6.07) is 16.3. The van der Waals surface area contributed by atoms with E-state index < -0.39 is 0 Å². The van der Waals surface area contributed by atoms with E-state index in [0.717, 1.165) is 55.4 Å². The fourth-order valence-corrected chi connectivity index (χ4v) is 4.09. The fraction of sp³-hybridized carbons (Fsp3) is 0.259. The predicted molar refractivity (Wildman–Crippen MR) is 143 cm³/mol. The maximum absolute atomic E-state index is 14.0. The molecule has 8 heteroatoms. The van der Waals surface area contributed by atoms with Gasteiger partial charge in [0.25, 0.3) is 0 Å². The van der Waals surface area contributed by atoms with Crippen molar-refractivity contribution >= 4 is 41.0 Å². The SMILES string of the molecule is C=Nc1cc(NC)ccc1NCCN1CC=C(c2cccc(OCc3ccc(Cl)cc3F)n2)CC1. The zero-order valence-corrected chi connectivity index (χ0v) is 20.5. The van der Waals surface area contributed by atoms with Crippen LogP contribution >= 0.6 is 11.6 Å². The number of anilines is 2. The molecule has 4 rings (SSSR count). The van der Waals surface area contributed by atoms with E-state index in [0.29, 0.717) is 16.5 Å². The summed E-state index contributed by atoms with van der Waals surface area (Å²) in [5, 5.41) is 6.94. The molecule has 0 radical (unpaired) electrons. The number of nitrogens with one attached hydrogen (secondary N) is 2. The Hall–Kier alpha value is -3.42. The van der Waals surface area contributed by atoms with Gasteiger partial charge in [-0.3, -0.25) is 9.89 Å². The lowest BCUT2D eigenvalue weighted by Crippen LogP contribution is -2.32. The summed E-state index contributed by atoms with van der Waals surface area (Å²) in [5.74, 6) is 0.0884. The lowest BCUT2D eigenvalue weighted by atomic mass is 10.0. The molecular formula is C27H29ClFN5O. The van der Waals surface area contributed by atoms with Crippen molar-refractivity contribution in [3.05, 3.63) is 82.8 Å². The summed E-state index contributed by atoms with van der Waals surface area (Å²) >= 11 is 5.82. The van der Waals surface area contributed by atoms with Gasteiger partial charge in [0.15, 0.2) is 0 Å². The van der Waals surface area contributed by atoms with E-state index in [4.69, 9.17) is 16.3 Å². The lowest BCUT2D eigenvalue weighted by molar-refractivity contribution is 0.287. The van der Waals surface area contributed by atoms with Crippen molar-refractivity contribution in [2.24, 2.45) is 4.99 Å². The number of ether oxygens (including phenoxy) is 1. The molecule has 0 atom stereocenters. The van der Waals surface area contributed by atoms with Gasteiger partial charge < -0.3 is 15.4 Å². The predicted octanol–water partition coefficient (Wildman–Crippen LogP) is 6.03. The summed E-state index contributed by atoms with van der Waals surface area (Å²) in [5.41, 5.74) is 5.35. The topological polar surface area (TPSA) is 61.8 Å². The third-order valence-corrected chi connectivity index (χ3v) is 6.17. The first-order valence-corrected chi connectivity index (χ1v) is 11.9. The van der Waals surface area contributed by atoms with Gasteiger partial charge in [-0.2, -0.15) is 0 Å². The molecule has 2 heterocycles. The second kappa shape index (κ2) is 11.8. The molecule has 3 aromatic rings. The van der Waals surface area contributed by atoms with Crippen molar-refractivity contribution in [1.29, 1.82) is 0 Å². The number of pyridine rings is 1. The van der Waals surface area contributed by atoms with Crippen molar-refractivity contribution in [3.8, 4) is 5.88 Å². The second-order valence-electron chi connectivity index (χ2n) is 8.23. The summed E-state index contributed by atoms with van der Waals surface area (Å²) in [4.78, 5) is 11.1. The minimum Gasteiger partial charge on any atom is -0.473 e. The Kier molecular flexibility index (Phi) is 8.34. The smallest absolute Gasteiger partial charge is 0.214 e. The number of halogens is 2. The van der Waals surface area contributed by atoms with Crippen LogP contribution in [0.15, 0.2) is 65.7 Å². The third kappa shape index (κ3) is 6.59. The monoisotopic (exact) mass is 493 g/mol. The highest BCUT2D eigenvalue weighted by atomic mass is 35.5. The molecule has 182 valence electrons. The zero-order chi connectivity index (χ0) is 24.6. The average Bonchev–Trinajstić information content (AvgIpc) is 2.89. The van der Waals surface area contributed by atoms with Crippen LogP contribution in [-0.4, -0.2) is 49.8 Å². The maximum atomic E-state index is 14.0. The second-order valence-corrected chi connectivity index (χ2v) is 8.67. The van der Waals surface area contributed by atoms with Crippen molar-refractivity contribution in [2.75, 3.05) is 43.9 Å². The number of benzene rings is 2. The largest absolute Gasteiger partial charge is 0.473 e. The van der Waals surface area contributed by atoms with Crippen LogP contribution in [0.25, 0.3) is 5.57 Å². The molecular weight excluding hydrogens is 465 g/mol. The molecule has 1 aliphatic rings. The quantitative estimate of drug-likeness (QED) is 0.338. The van der Waals surface area contributed by atoms with Crippen molar-refractivity contribution in [2.45, 2.75) is 13.0 Å². The molecule has 35 heavy (non-hydrogen) atoms. The number of nitrogens with zero attached hydrogens (tertiary/aromatic N) is 3. The zero-order valence-electron chi connectivity index (χ0n) is 19.7. The van der Waals surface area contributed by atoms with E-state index in [1.54, 1.807) is 18.2 Å². The molecule has 1 aliphatic heterocycles. The first-order chi connectivity index (χ1) is 17.1. The van der Waals surface area contributed by atoms with Gasteiger partial charge in [0.2, 0.25) is 5.88 Å². The number of aliphatic imine (C=N–C) groups is 1. The van der Waals surface area contributed by atoms with Crippen LogP contribution in [0.4, 0.5) is 21.5 Å². The molecule has 0 fully saturated rings. The minimum absolute atomic E-state index is 0.0973. The Morgan fingerprint density at radius 2 is 2.09 bits per heavy atom. The van der Waals surface area contributed by atoms with E-state index >= 15 is 0 Å². The van der Waals surface area contributed by atoms with Crippen LogP contribution in [0.2, 0.25) is 5.02 Å². The van der Waals surface area contributed by atoms with Crippen LogP contribution in [0, 0.1) is 5.82 Å². The van der Waals surface area contributed by atoms with Crippen LogP contribution in [0.3, 0.4) is 0 Å². The highest BCUT2D eigenvalue weighted by Crippen LogP contribution is 2.28. The summed E-state index contributed by atoms with van der Waals surface area (Å²) in [6.45, 7) is 7.29. The number of rotatable bonds is 10. The van der Waals surface area contributed by atoms with Crippen LogP contribution in [0.1, 0.15) is 17.7 Å². The first kappa shape index (κ1) is 24.7. The standard InChI is InChI=1S/C27H29ClFN5O/c1-30-22-8-9-25(26(17-22)31-2)32-12-15-34-13-10-19(11-14-34)24-4-3-5-27(33-24)35-18-20-6-7-21(28)16-23(20)29/h3-10,16-17,30,32H,2,11-15,18H2,1H3. The molecule has 0 unspecified atom stereocenters. The van der Waals surface area contributed by atoms with Gasteiger partial charge in [-0.05, 0) is 55.1 Å². The molecule has 0 bridgehead atoms. The molecule has 0 spiro atoms. The van der Waals surface area contributed by atoms with Crippen molar-refractivity contribution in [3.63, 3.8) is 0 Å². The Morgan fingerprint density at radius 1 is 1.20 bits per heavy atom.